The molecule has 3 aromatic rings. The van der Waals surface area contributed by atoms with E-state index in [0.717, 1.165) is 42.1 Å². The highest BCUT2D eigenvalue weighted by atomic mass is 79.9. The van der Waals surface area contributed by atoms with Crippen LogP contribution in [0.1, 0.15) is 22.3 Å². The third-order valence-corrected chi connectivity index (χ3v) is 5.90. The fraction of sp³-hybridized carbons (Fsp3) is 0.182. The van der Waals surface area contributed by atoms with E-state index in [0.29, 0.717) is 13.2 Å². The van der Waals surface area contributed by atoms with Crippen LogP contribution in [-0.4, -0.2) is 0 Å². The van der Waals surface area contributed by atoms with E-state index in [1.165, 1.54) is 5.56 Å². The lowest BCUT2D eigenvalue weighted by atomic mass is 10.1. The molecule has 0 atom stereocenters. The van der Waals surface area contributed by atoms with Gasteiger partial charge in [-0.2, -0.15) is 0 Å². The Hall–Kier alpha value is -1.49. The van der Waals surface area contributed by atoms with Gasteiger partial charge < -0.3 is 10.1 Å². The fourth-order valence-electron chi connectivity index (χ4n) is 2.69. The van der Waals surface area contributed by atoms with Crippen LogP contribution in [0, 0.1) is 13.8 Å². The van der Waals surface area contributed by atoms with Gasteiger partial charge in [-0.1, -0.05) is 47.5 Å². The number of hydrogen-bond donors (Lipinski definition) is 1. The van der Waals surface area contributed by atoms with Gasteiger partial charge in [0.2, 0.25) is 0 Å². The number of benzene rings is 3. The second kappa shape index (κ2) is 9.13. The first-order valence-electron chi connectivity index (χ1n) is 8.59. The summed E-state index contributed by atoms with van der Waals surface area (Å²) in [6.07, 6.45) is 0. The van der Waals surface area contributed by atoms with Crippen LogP contribution in [-0.2, 0) is 13.2 Å². The highest BCUT2D eigenvalue weighted by molar-refractivity contribution is 9.11. The van der Waals surface area contributed by atoms with Crippen LogP contribution < -0.4 is 10.1 Å². The lowest BCUT2D eigenvalue weighted by molar-refractivity contribution is 0.302. The van der Waals surface area contributed by atoms with Crippen molar-refractivity contribution in [3.8, 4) is 5.75 Å². The van der Waals surface area contributed by atoms with E-state index in [9.17, 15) is 0 Å². The van der Waals surface area contributed by atoms with Crippen LogP contribution in [0.5, 0.6) is 5.75 Å². The van der Waals surface area contributed by atoms with E-state index < -0.39 is 0 Å². The van der Waals surface area contributed by atoms with Crippen molar-refractivity contribution in [2.24, 2.45) is 0 Å². The van der Waals surface area contributed by atoms with E-state index >= 15 is 0 Å². The van der Waals surface area contributed by atoms with Gasteiger partial charge in [0.1, 0.15) is 12.4 Å². The Morgan fingerprint density at radius 3 is 2.26 bits per heavy atom. The summed E-state index contributed by atoms with van der Waals surface area (Å²) in [5.74, 6) is 0.804. The fourth-order valence-corrected chi connectivity index (χ4v) is 4.37. The molecule has 0 spiro atoms. The quantitative estimate of drug-likeness (QED) is 0.368. The number of halogens is 3. The van der Waals surface area contributed by atoms with Gasteiger partial charge in [-0.3, -0.25) is 0 Å². The lowest BCUT2D eigenvalue weighted by Crippen LogP contribution is -2.03. The van der Waals surface area contributed by atoms with E-state index in [2.05, 4.69) is 80.5 Å². The number of anilines is 1. The molecule has 3 rings (SSSR count). The summed E-state index contributed by atoms with van der Waals surface area (Å²) >= 11 is 13.5. The molecule has 2 nitrogen and oxygen atoms in total. The SMILES string of the molecule is Cc1ccc(COc2c(Br)cc(CNc3cccc(Cl)c3C)cc2Br)cc1. The molecule has 0 fully saturated rings. The molecule has 0 aromatic heterocycles. The standard InChI is InChI=1S/C22H20Br2ClNO/c1-14-6-8-16(9-7-14)13-27-22-18(23)10-17(11-19(22)24)12-26-21-5-3-4-20(25)15(21)2/h3-11,26H,12-13H2,1-2H3. The van der Waals surface area contributed by atoms with Gasteiger partial charge in [-0.25, -0.2) is 0 Å². The van der Waals surface area contributed by atoms with E-state index in [1.807, 2.05) is 25.1 Å². The topological polar surface area (TPSA) is 21.3 Å². The van der Waals surface area contributed by atoms with Gasteiger partial charge in [-0.15, -0.1) is 0 Å². The van der Waals surface area contributed by atoms with Gasteiger partial charge in [0.05, 0.1) is 8.95 Å². The predicted molar refractivity (Wildman–Crippen MR) is 121 cm³/mol. The lowest BCUT2D eigenvalue weighted by Gasteiger charge is -2.14. The second-order valence-electron chi connectivity index (χ2n) is 6.43. The summed E-state index contributed by atoms with van der Waals surface area (Å²) in [6, 6.07) is 18.4. The monoisotopic (exact) mass is 507 g/mol. The van der Waals surface area contributed by atoms with E-state index in [1.54, 1.807) is 0 Å². The second-order valence-corrected chi connectivity index (χ2v) is 8.54. The highest BCUT2D eigenvalue weighted by Gasteiger charge is 2.10. The van der Waals surface area contributed by atoms with Crippen molar-refractivity contribution in [3.05, 3.63) is 90.8 Å². The number of aryl methyl sites for hydroxylation is 1. The Morgan fingerprint density at radius 2 is 1.59 bits per heavy atom. The van der Waals surface area contributed by atoms with Crippen LogP contribution >= 0.6 is 43.5 Å². The molecule has 3 aromatic carbocycles. The molecule has 140 valence electrons. The molecule has 0 aliphatic carbocycles. The van der Waals surface area contributed by atoms with Crippen molar-refractivity contribution >= 4 is 49.1 Å². The number of ether oxygens (including phenoxy) is 1. The molecule has 5 heteroatoms. The first-order chi connectivity index (χ1) is 12.9. The number of hydrogen-bond acceptors (Lipinski definition) is 2. The van der Waals surface area contributed by atoms with Crippen LogP contribution in [0.2, 0.25) is 5.02 Å². The molecule has 0 aliphatic heterocycles. The Kier molecular flexibility index (Phi) is 6.85. The molecule has 0 saturated carbocycles. The number of nitrogens with one attached hydrogen (secondary N) is 1. The van der Waals surface area contributed by atoms with Gasteiger partial charge in [0, 0.05) is 17.3 Å². The van der Waals surface area contributed by atoms with Crippen molar-refractivity contribution in [1.82, 2.24) is 0 Å². The Morgan fingerprint density at radius 1 is 0.926 bits per heavy atom. The average Bonchev–Trinajstić information content (AvgIpc) is 2.64. The maximum atomic E-state index is 6.19. The molecular formula is C22H20Br2ClNO. The van der Waals surface area contributed by atoms with Crippen molar-refractivity contribution in [1.29, 1.82) is 0 Å². The third-order valence-electron chi connectivity index (χ3n) is 4.31. The molecule has 0 radical (unpaired) electrons. The minimum atomic E-state index is 0.525. The molecule has 27 heavy (non-hydrogen) atoms. The summed E-state index contributed by atoms with van der Waals surface area (Å²) in [7, 11) is 0. The third kappa shape index (κ3) is 5.28. The summed E-state index contributed by atoms with van der Waals surface area (Å²) < 4.78 is 7.85. The smallest absolute Gasteiger partial charge is 0.148 e. The van der Waals surface area contributed by atoms with Crippen molar-refractivity contribution in [2.75, 3.05) is 5.32 Å². The molecule has 0 aliphatic rings. The minimum absolute atomic E-state index is 0.525. The maximum absolute atomic E-state index is 6.19. The van der Waals surface area contributed by atoms with Gasteiger partial charge in [0.15, 0.2) is 0 Å². The molecular weight excluding hydrogens is 490 g/mol. The van der Waals surface area contributed by atoms with Crippen molar-refractivity contribution in [2.45, 2.75) is 27.0 Å². The Balaban J connectivity index is 1.68. The van der Waals surface area contributed by atoms with Gasteiger partial charge in [-0.05, 0) is 86.7 Å². The van der Waals surface area contributed by atoms with Gasteiger partial charge >= 0.3 is 0 Å². The Bertz CT molecular complexity index is 919. The maximum Gasteiger partial charge on any atom is 0.148 e. The van der Waals surface area contributed by atoms with Crippen LogP contribution in [0.4, 0.5) is 5.69 Å². The predicted octanol–water partition coefficient (Wildman–Crippen LogP) is 7.67. The normalized spacial score (nSPS) is 10.7. The van der Waals surface area contributed by atoms with Crippen LogP contribution in [0.15, 0.2) is 63.5 Å². The zero-order valence-electron chi connectivity index (χ0n) is 15.2. The first-order valence-corrected chi connectivity index (χ1v) is 10.6. The van der Waals surface area contributed by atoms with Crippen molar-refractivity contribution < 1.29 is 4.74 Å². The summed E-state index contributed by atoms with van der Waals surface area (Å²) in [6.45, 7) is 5.31. The minimum Gasteiger partial charge on any atom is -0.487 e. The van der Waals surface area contributed by atoms with Crippen LogP contribution in [0.3, 0.4) is 0 Å². The Labute approximate surface area is 182 Å². The van der Waals surface area contributed by atoms with Crippen molar-refractivity contribution in [3.63, 3.8) is 0 Å². The molecule has 1 N–H and O–H groups in total. The summed E-state index contributed by atoms with van der Waals surface area (Å²) in [5, 5.41) is 4.21. The summed E-state index contributed by atoms with van der Waals surface area (Å²) in [4.78, 5) is 0. The zero-order chi connectivity index (χ0) is 19.4. The van der Waals surface area contributed by atoms with Crippen LogP contribution in [0.25, 0.3) is 0 Å². The molecule has 0 amide bonds. The molecule has 0 saturated heterocycles. The van der Waals surface area contributed by atoms with E-state index in [-0.39, 0.29) is 0 Å². The summed E-state index contributed by atoms with van der Waals surface area (Å²) in [5.41, 5.74) is 5.61. The zero-order valence-corrected chi connectivity index (χ0v) is 19.1. The highest BCUT2D eigenvalue weighted by Crippen LogP contribution is 2.35. The molecule has 0 bridgehead atoms. The largest absolute Gasteiger partial charge is 0.487 e. The molecule has 0 heterocycles. The van der Waals surface area contributed by atoms with E-state index in [4.69, 9.17) is 16.3 Å². The van der Waals surface area contributed by atoms with Gasteiger partial charge in [0.25, 0.3) is 0 Å². The first kappa shape index (κ1) is 20.2. The molecule has 0 unspecified atom stereocenters. The number of rotatable bonds is 6. The average molecular weight is 510 g/mol.